The van der Waals surface area contributed by atoms with Gasteiger partial charge in [-0.1, -0.05) is 0 Å². The predicted octanol–water partition coefficient (Wildman–Crippen LogP) is 1.79. The molecule has 1 atom stereocenters. The van der Waals surface area contributed by atoms with Crippen LogP contribution in [-0.4, -0.2) is 19.9 Å². The van der Waals surface area contributed by atoms with Crippen LogP contribution < -0.4 is 0 Å². The highest BCUT2D eigenvalue weighted by Gasteiger charge is 2.30. The van der Waals surface area contributed by atoms with Gasteiger partial charge in [-0.3, -0.25) is 4.68 Å². The highest BCUT2D eigenvalue weighted by atomic mass is 19.2. The van der Waals surface area contributed by atoms with Crippen molar-refractivity contribution in [1.82, 2.24) is 14.8 Å². The van der Waals surface area contributed by atoms with Crippen molar-refractivity contribution in [2.45, 2.75) is 12.5 Å². The maximum Gasteiger partial charge on any atom is 0.200 e. The Kier molecular flexibility index (Phi) is 3.71. The monoisotopic (exact) mass is 293 g/mol. The Labute approximate surface area is 109 Å². The molecule has 0 aliphatic rings. The van der Waals surface area contributed by atoms with Crippen molar-refractivity contribution in [3.8, 4) is 0 Å². The summed E-state index contributed by atoms with van der Waals surface area (Å²) in [4.78, 5) is 3.69. The van der Waals surface area contributed by atoms with Gasteiger partial charge in [-0.15, -0.1) is 0 Å². The molecule has 0 amide bonds. The van der Waals surface area contributed by atoms with E-state index in [-0.39, 0.29) is 5.82 Å². The van der Waals surface area contributed by atoms with Gasteiger partial charge in [0, 0.05) is 13.5 Å². The van der Waals surface area contributed by atoms with Crippen LogP contribution in [0.3, 0.4) is 0 Å². The maximum absolute atomic E-state index is 13.5. The normalized spacial score (nSPS) is 12.8. The number of nitrogens with zero attached hydrogens (tertiary/aromatic N) is 3. The van der Waals surface area contributed by atoms with Crippen LogP contribution in [0.5, 0.6) is 0 Å². The smallest absolute Gasteiger partial charge is 0.200 e. The number of halogens is 5. The van der Waals surface area contributed by atoms with Crippen LogP contribution in [-0.2, 0) is 13.5 Å². The first-order chi connectivity index (χ1) is 9.34. The Hall–Kier alpha value is -2.03. The van der Waals surface area contributed by atoms with Crippen molar-refractivity contribution in [1.29, 1.82) is 0 Å². The highest BCUT2D eigenvalue weighted by molar-refractivity contribution is 5.26. The molecule has 108 valence electrons. The van der Waals surface area contributed by atoms with E-state index < -0.39 is 47.2 Å². The van der Waals surface area contributed by atoms with Gasteiger partial charge in [0.25, 0.3) is 0 Å². The Bertz CT molecular complexity index is 629. The fourth-order valence-corrected chi connectivity index (χ4v) is 1.69. The zero-order valence-electron chi connectivity index (χ0n) is 10.0. The number of aliphatic hydroxyl groups excluding tert-OH is 1. The minimum atomic E-state index is -2.27. The average molecular weight is 293 g/mol. The van der Waals surface area contributed by atoms with E-state index in [9.17, 15) is 27.1 Å². The first kappa shape index (κ1) is 14.4. The predicted molar refractivity (Wildman–Crippen MR) is 55.9 cm³/mol. The van der Waals surface area contributed by atoms with Crippen molar-refractivity contribution in [2.24, 2.45) is 7.05 Å². The SMILES string of the molecule is Cn1ncnc1CC(O)c1c(F)c(F)c(F)c(F)c1F. The molecule has 1 heterocycles. The lowest BCUT2D eigenvalue weighted by atomic mass is 10.0. The molecule has 0 aliphatic carbocycles. The third kappa shape index (κ3) is 2.24. The summed E-state index contributed by atoms with van der Waals surface area (Å²) >= 11 is 0. The van der Waals surface area contributed by atoms with E-state index in [4.69, 9.17) is 0 Å². The first-order valence-corrected chi connectivity index (χ1v) is 5.36. The van der Waals surface area contributed by atoms with Crippen LogP contribution >= 0.6 is 0 Å². The summed E-state index contributed by atoms with van der Waals surface area (Å²) in [5.74, 6) is -10.5. The molecule has 0 radical (unpaired) electrons. The molecule has 0 spiro atoms. The molecular weight excluding hydrogens is 285 g/mol. The van der Waals surface area contributed by atoms with E-state index in [0.29, 0.717) is 0 Å². The molecule has 9 heteroatoms. The van der Waals surface area contributed by atoms with Crippen molar-refractivity contribution in [2.75, 3.05) is 0 Å². The van der Waals surface area contributed by atoms with E-state index in [2.05, 4.69) is 10.1 Å². The average Bonchev–Trinajstić information content (AvgIpc) is 2.80. The molecule has 1 unspecified atom stereocenters. The molecule has 0 saturated carbocycles. The van der Waals surface area contributed by atoms with Crippen molar-refractivity contribution >= 4 is 0 Å². The largest absolute Gasteiger partial charge is 0.388 e. The quantitative estimate of drug-likeness (QED) is 0.533. The zero-order chi connectivity index (χ0) is 15.0. The number of aliphatic hydroxyl groups is 1. The molecule has 1 N–H and O–H groups in total. The van der Waals surface area contributed by atoms with Gasteiger partial charge in [0.05, 0.1) is 11.7 Å². The van der Waals surface area contributed by atoms with E-state index in [1.54, 1.807) is 0 Å². The third-order valence-corrected chi connectivity index (χ3v) is 2.76. The van der Waals surface area contributed by atoms with Crippen molar-refractivity contribution in [3.63, 3.8) is 0 Å². The van der Waals surface area contributed by atoms with Gasteiger partial charge in [-0.25, -0.2) is 26.9 Å². The van der Waals surface area contributed by atoms with E-state index in [1.807, 2.05) is 0 Å². The Morgan fingerprint density at radius 1 is 1.05 bits per heavy atom. The number of hydrogen-bond donors (Lipinski definition) is 1. The second-order valence-electron chi connectivity index (χ2n) is 4.00. The lowest BCUT2D eigenvalue weighted by molar-refractivity contribution is 0.160. The molecule has 20 heavy (non-hydrogen) atoms. The fraction of sp³-hybridized carbons (Fsp3) is 0.273. The van der Waals surface area contributed by atoms with Gasteiger partial charge < -0.3 is 5.11 Å². The van der Waals surface area contributed by atoms with Gasteiger partial charge in [-0.2, -0.15) is 5.10 Å². The molecule has 0 aliphatic heterocycles. The first-order valence-electron chi connectivity index (χ1n) is 5.36. The second-order valence-corrected chi connectivity index (χ2v) is 4.00. The number of benzene rings is 1. The second kappa shape index (κ2) is 5.16. The van der Waals surface area contributed by atoms with E-state index in [0.717, 1.165) is 6.33 Å². The molecule has 0 saturated heterocycles. The summed E-state index contributed by atoms with van der Waals surface area (Å²) in [5, 5.41) is 13.4. The molecule has 0 fully saturated rings. The maximum atomic E-state index is 13.5. The lowest BCUT2D eigenvalue weighted by Crippen LogP contribution is -2.15. The molecule has 0 bridgehead atoms. The van der Waals surface area contributed by atoms with Crippen LogP contribution in [0.15, 0.2) is 6.33 Å². The third-order valence-electron chi connectivity index (χ3n) is 2.76. The summed E-state index contributed by atoms with van der Waals surface area (Å²) in [6.07, 6.45) is -1.27. The van der Waals surface area contributed by atoms with E-state index >= 15 is 0 Å². The number of aromatic nitrogens is 3. The molecule has 2 aromatic rings. The van der Waals surface area contributed by atoms with Crippen LogP contribution in [0, 0.1) is 29.1 Å². The Morgan fingerprint density at radius 2 is 1.55 bits per heavy atom. The van der Waals surface area contributed by atoms with Crippen LogP contribution in [0.2, 0.25) is 0 Å². The molecule has 1 aromatic carbocycles. The van der Waals surface area contributed by atoms with Gasteiger partial charge in [0.2, 0.25) is 5.82 Å². The molecular formula is C11H8F5N3O. The topological polar surface area (TPSA) is 50.9 Å². The molecule has 2 rings (SSSR count). The summed E-state index contributed by atoms with van der Waals surface area (Å²) in [5.41, 5.74) is -1.29. The van der Waals surface area contributed by atoms with Crippen LogP contribution in [0.1, 0.15) is 17.5 Å². The fourth-order valence-electron chi connectivity index (χ4n) is 1.69. The minimum Gasteiger partial charge on any atom is -0.388 e. The highest BCUT2D eigenvalue weighted by Crippen LogP contribution is 2.29. The van der Waals surface area contributed by atoms with Gasteiger partial charge in [0.15, 0.2) is 23.3 Å². The Balaban J connectivity index is 2.45. The minimum absolute atomic E-state index is 0.126. The van der Waals surface area contributed by atoms with Crippen LogP contribution in [0.25, 0.3) is 0 Å². The van der Waals surface area contributed by atoms with Crippen LogP contribution in [0.4, 0.5) is 22.0 Å². The summed E-state index contributed by atoms with van der Waals surface area (Å²) in [7, 11) is 1.45. The van der Waals surface area contributed by atoms with E-state index in [1.165, 1.54) is 11.7 Å². The number of rotatable bonds is 3. The number of hydrogen-bond acceptors (Lipinski definition) is 3. The van der Waals surface area contributed by atoms with Gasteiger partial charge in [0.1, 0.15) is 12.2 Å². The molecule has 4 nitrogen and oxygen atoms in total. The number of aryl methyl sites for hydroxylation is 1. The van der Waals surface area contributed by atoms with Crippen molar-refractivity contribution < 1.29 is 27.1 Å². The van der Waals surface area contributed by atoms with Gasteiger partial charge in [-0.05, 0) is 0 Å². The molecule has 1 aromatic heterocycles. The summed E-state index contributed by atoms with van der Waals surface area (Å²) in [6.45, 7) is 0. The zero-order valence-corrected chi connectivity index (χ0v) is 10.0. The van der Waals surface area contributed by atoms with Crippen molar-refractivity contribution in [3.05, 3.63) is 46.8 Å². The lowest BCUT2D eigenvalue weighted by Gasteiger charge is -2.13. The Morgan fingerprint density at radius 3 is 2.00 bits per heavy atom. The summed E-state index contributed by atoms with van der Waals surface area (Å²) < 4.78 is 67.0. The summed E-state index contributed by atoms with van der Waals surface area (Å²) in [6, 6.07) is 0. The van der Waals surface area contributed by atoms with Gasteiger partial charge >= 0.3 is 0 Å². The standard InChI is InChI=1S/C11H8F5N3O/c1-19-5(17-3-18-19)2-4(20)6-7(12)9(14)11(16)10(15)8(6)13/h3-4,20H,2H2,1H3.